The number of fused-ring (bicyclic) bond motifs is 4. The third-order valence-corrected chi connectivity index (χ3v) is 6.76. The van der Waals surface area contributed by atoms with Crippen LogP contribution in [-0.4, -0.2) is 0 Å². The van der Waals surface area contributed by atoms with Crippen LogP contribution in [0.3, 0.4) is 0 Å². The summed E-state index contributed by atoms with van der Waals surface area (Å²) >= 11 is 0. The third-order valence-electron chi connectivity index (χ3n) is 6.76. The molecule has 0 saturated heterocycles. The Morgan fingerprint density at radius 2 is 0.944 bits per heavy atom. The van der Waals surface area contributed by atoms with Gasteiger partial charge in [0.05, 0.1) is 25.7 Å². The topological polar surface area (TPSA) is 22.4 Å². The number of furan rings is 1. The predicted molar refractivity (Wildman–Crippen MR) is 145 cm³/mol. The average molecular weight is 461 g/mol. The minimum atomic E-state index is 0.626. The van der Waals surface area contributed by atoms with Gasteiger partial charge in [0.25, 0.3) is 0 Å². The Morgan fingerprint density at radius 1 is 0.500 bits per heavy atom. The fraction of sp³-hybridized carbons (Fsp3) is 0.0588. The smallest absolute Gasteiger partial charge is 0.0981 e. The second-order valence-corrected chi connectivity index (χ2v) is 9.04. The standard InChI is InChI=1S/C34H20O2/c1-3-7-23(8-4-1)11-13-29-31-15-25-19-35-21-27(25)17-33(31)30(14-12-24-9-5-2-6-10-24)34-18-28-22-36-20-26(28)16-32(29)34/h1-10,15-19,21H,20,22H2. The van der Waals surface area contributed by atoms with E-state index in [1.807, 2.05) is 60.7 Å². The van der Waals surface area contributed by atoms with Crippen LogP contribution in [0.4, 0.5) is 0 Å². The third kappa shape index (κ3) is 3.53. The maximum atomic E-state index is 5.79. The van der Waals surface area contributed by atoms with Crippen LogP contribution >= 0.6 is 0 Å². The molecule has 0 unspecified atom stereocenters. The summed E-state index contributed by atoms with van der Waals surface area (Å²) in [5.41, 5.74) is 6.42. The summed E-state index contributed by atoms with van der Waals surface area (Å²) in [6, 6.07) is 29.1. The number of hydrogen-bond donors (Lipinski definition) is 0. The zero-order valence-corrected chi connectivity index (χ0v) is 19.5. The lowest BCUT2D eigenvalue weighted by Crippen LogP contribution is -1.94. The van der Waals surface area contributed by atoms with Gasteiger partial charge >= 0.3 is 0 Å². The number of ether oxygens (including phenoxy) is 1. The van der Waals surface area contributed by atoms with E-state index in [0.29, 0.717) is 13.2 Å². The Bertz CT molecular complexity index is 1770. The summed E-state index contributed by atoms with van der Waals surface area (Å²) in [7, 11) is 0. The van der Waals surface area contributed by atoms with Crippen molar-refractivity contribution < 1.29 is 9.15 Å². The molecule has 2 nitrogen and oxygen atoms in total. The van der Waals surface area contributed by atoms with Crippen LogP contribution in [0.15, 0.2) is 102 Å². The van der Waals surface area contributed by atoms with Crippen molar-refractivity contribution in [1.29, 1.82) is 0 Å². The largest absolute Gasteiger partial charge is 0.471 e. The monoisotopic (exact) mass is 460 g/mol. The molecular weight excluding hydrogens is 440 g/mol. The average Bonchev–Trinajstić information content (AvgIpc) is 3.58. The summed E-state index contributed by atoms with van der Waals surface area (Å²) in [4.78, 5) is 0. The van der Waals surface area contributed by atoms with Crippen molar-refractivity contribution in [2.45, 2.75) is 13.2 Å². The molecule has 0 N–H and O–H groups in total. The molecule has 1 aliphatic heterocycles. The quantitative estimate of drug-likeness (QED) is 0.172. The van der Waals surface area contributed by atoms with Crippen LogP contribution in [-0.2, 0) is 18.0 Å². The molecule has 0 fully saturated rings. The molecule has 168 valence electrons. The molecule has 0 atom stereocenters. The summed E-state index contributed by atoms with van der Waals surface area (Å²) in [5, 5.41) is 6.48. The first-order valence-electron chi connectivity index (χ1n) is 12.0. The Balaban J connectivity index is 1.61. The lowest BCUT2D eigenvalue weighted by molar-refractivity contribution is 0.134. The molecule has 0 bridgehead atoms. The lowest BCUT2D eigenvalue weighted by Gasteiger charge is -2.13. The molecule has 0 spiro atoms. The highest BCUT2D eigenvalue weighted by molar-refractivity contribution is 6.13. The van der Waals surface area contributed by atoms with Crippen LogP contribution in [0.5, 0.6) is 0 Å². The van der Waals surface area contributed by atoms with Crippen molar-refractivity contribution in [2.75, 3.05) is 0 Å². The molecule has 6 aromatic rings. The zero-order valence-electron chi connectivity index (χ0n) is 19.5. The molecule has 0 saturated carbocycles. The van der Waals surface area contributed by atoms with Gasteiger partial charge in [0.1, 0.15) is 0 Å². The molecule has 7 rings (SSSR count). The van der Waals surface area contributed by atoms with Crippen molar-refractivity contribution >= 4 is 32.3 Å². The van der Waals surface area contributed by atoms with E-state index in [0.717, 1.165) is 54.6 Å². The van der Waals surface area contributed by atoms with E-state index in [4.69, 9.17) is 9.15 Å². The fourth-order valence-electron chi connectivity index (χ4n) is 4.95. The summed E-state index contributed by atoms with van der Waals surface area (Å²) in [5.74, 6) is 13.8. The first kappa shape index (κ1) is 20.6. The number of benzene rings is 5. The second kappa shape index (κ2) is 8.47. The Kier molecular flexibility index (Phi) is 4.85. The zero-order chi connectivity index (χ0) is 23.9. The molecule has 1 aromatic heterocycles. The normalized spacial score (nSPS) is 12.2. The molecule has 0 radical (unpaired) electrons. The highest BCUT2D eigenvalue weighted by atomic mass is 16.5. The number of hydrogen-bond acceptors (Lipinski definition) is 2. The summed E-state index contributed by atoms with van der Waals surface area (Å²) in [6.45, 7) is 1.25. The second-order valence-electron chi connectivity index (χ2n) is 9.04. The lowest BCUT2D eigenvalue weighted by atomic mass is 9.88. The van der Waals surface area contributed by atoms with E-state index in [2.05, 4.69) is 47.9 Å². The van der Waals surface area contributed by atoms with E-state index < -0.39 is 0 Å². The SMILES string of the molecule is C(#Cc1c2cc3c(cc2c(C#Cc2ccccc2)c2cc4cocc4cc12)COC3)c1ccccc1. The van der Waals surface area contributed by atoms with E-state index in [1.54, 1.807) is 12.5 Å². The van der Waals surface area contributed by atoms with Gasteiger partial charge in [-0.05, 0) is 81.2 Å². The van der Waals surface area contributed by atoms with Gasteiger partial charge in [-0.1, -0.05) is 60.1 Å². The maximum absolute atomic E-state index is 5.79. The fourth-order valence-corrected chi connectivity index (χ4v) is 4.95. The predicted octanol–water partition coefficient (Wildman–Crippen LogP) is 7.57. The van der Waals surface area contributed by atoms with Crippen LogP contribution in [0.1, 0.15) is 33.4 Å². The molecule has 1 aliphatic rings. The molecule has 0 aliphatic carbocycles. The van der Waals surface area contributed by atoms with E-state index >= 15 is 0 Å². The van der Waals surface area contributed by atoms with Gasteiger partial charge in [-0.2, -0.15) is 0 Å². The Labute approximate surface area is 209 Å². The van der Waals surface area contributed by atoms with Crippen molar-refractivity contribution in [1.82, 2.24) is 0 Å². The molecule has 5 aromatic carbocycles. The Hall–Kier alpha value is -4.76. The van der Waals surface area contributed by atoms with Crippen molar-refractivity contribution in [3.05, 3.63) is 131 Å². The van der Waals surface area contributed by atoms with Crippen LogP contribution in [0.25, 0.3) is 32.3 Å². The first-order chi connectivity index (χ1) is 17.8. The molecule has 0 amide bonds. The molecule has 2 heterocycles. The van der Waals surface area contributed by atoms with E-state index in [-0.39, 0.29) is 0 Å². The number of rotatable bonds is 0. The van der Waals surface area contributed by atoms with Crippen LogP contribution in [0, 0.1) is 23.7 Å². The van der Waals surface area contributed by atoms with Gasteiger partial charge in [0, 0.05) is 33.0 Å². The maximum Gasteiger partial charge on any atom is 0.0981 e. The van der Waals surface area contributed by atoms with Crippen molar-refractivity contribution in [2.24, 2.45) is 0 Å². The van der Waals surface area contributed by atoms with Gasteiger partial charge in [0.2, 0.25) is 0 Å². The van der Waals surface area contributed by atoms with Crippen LogP contribution in [0.2, 0.25) is 0 Å². The molecule has 2 heteroatoms. The molecular formula is C34H20O2. The highest BCUT2D eigenvalue weighted by Gasteiger charge is 2.19. The van der Waals surface area contributed by atoms with Crippen LogP contribution < -0.4 is 0 Å². The van der Waals surface area contributed by atoms with Gasteiger partial charge in [-0.15, -0.1) is 0 Å². The van der Waals surface area contributed by atoms with Crippen molar-refractivity contribution in [3.63, 3.8) is 0 Å². The minimum Gasteiger partial charge on any atom is -0.471 e. The Morgan fingerprint density at radius 3 is 1.42 bits per heavy atom. The van der Waals surface area contributed by atoms with Gasteiger partial charge in [0.15, 0.2) is 0 Å². The van der Waals surface area contributed by atoms with Crippen molar-refractivity contribution in [3.8, 4) is 23.7 Å². The summed E-state index contributed by atoms with van der Waals surface area (Å²) in [6.07, 6.45) is 3.58. The van der Waals surface area contributed by atoms with Gasteiger partial charge in [-0.25, -0.2) is 0 Å². The van der Waals surface area contributed by atoms with Gasteiger partial charge < -0.3 is 9.15 Å². The minimum absolute atomic E-state index is 0.626. The van der Waals surface area contributed by atoms with E-state index in [1.165, 1.54) is 11.1 Å². The first-order valence-corrected chi connectivity index (χ1v) is 12.0. The summed E-state index contributed by atoms with van der Waals surface area (Å²) < 4.78 is 11.3. The van der Waals surface area contributed by atoms with E-state index in [9.17, 15) is 0 Å². The van der Waals surface area contributed by atoms with Gasteiger partial charge in [-0.3, -0.25) is 0 Å². The highest BCUT2D eigenvalue weighted by Crippen LogP contribution is 2.38. The molecule has 36 heavy (non-hydrogen) atoms.